The van der Waals surface area contributed by atoms with E-state index >= 15 is 0 Å². The summed E-state index contributed by atoms with van der Waals surface area (Å²) in [4.78, 5) is 11.5. The van der Waals surface area contributed by atoms with Gasteiger partial charge in [-0.15, -0.1) is 0 Å². The molecule has 0 aliphatic carbocycles. The molecule has 0 aromatic heterocycles. The molecule has 0 aliphatic rings. The van der Waals surface area contributed by atoms with Gasteiger partial charge in [-0.05, 0) is 40.3 Å². The van der Waals surface area contributed by atoms with Gasteiger partial charge in [-0.2, -0.15) is 0 Å². The zero-order chi connectivity index (χ0) is 10.7. The highest BCUT2D eigenvalue weighted by atomic mass is 127. The molecule has 5 heteroatoms. The number of esters is 1. The molecule has 0 radical (unpaired) electrons. The van der Waals surface area contributed by atoms with Crippen LogP contribution in [0.3, 0.4) is 0 Å². The van der Waals surface area contributed by atoms with Crippen LogP contribution < -0.4 is 0 Å². The summed E-state index contributed by atoms with van der Waals surface area (Å²) in [6.07, 6.45) is 0. The van der Waals surface area contributed by atoms with E-state index in [1.54, 1.807) is 0 Å². The van der Waals surface area contributed by atoms with E-state index in [1.165, 1.54) is 7.11 Å². The Hall–Kier alpha value is 0.380. The highest BCUT2D eigenvalue weighted by Gasteiger charge is 2.15. The Bertz CT molecular complexity index is 366. The van der Waals surface area contributed by atoms with Crippen molar-refractivity contribution in [2.45, 2.75) is 5.33 Å². The van der Waals surface area contributed by atoms with Crippen molar-refractivity contribution < 1.29 is 9.53 Å². The van der Waals surface area contributed by atoms with Crippen molar-refractivity contribution in [3.05, 3.63) is 31.3 Å². The molecule has 1 aromatic carbocycles. The summed E-state index contributed by atoms with van der Waals surface area (Å²) < 4.78 is 6.57. The van der Waals surface area contributed by atoms with Gasteiger partial charge < -0.3 is 4.74 Å². The molecule has 0 unspecified atom stereocenters. The van der Waals surface area contributed by atoms with Crippen LogP contribution in [0.2, 0.25) is 0 Å². The van der Waals surface area contributed by atoms with Crippen molar-refractivity contribution in [2.24, 2.45) is 0 Å². The van der Waals surface area contributed by atoms with E-state index in [-0.39, 0.29) is 5.97 Å². The molecule has 0 bridgehead atoms. The first-order valence-corrected chi connectivity index (χ1v) is 6.71. The molecule has 0 heterocycles. The van der Waals surface area contributed by atoms with Crippen LogP contribution in [0, 0.1) is 3.57 Å². The Morgan fingerprint density at radius 2 is 2.21 bits per heavy atom. The SMILES string of the molecule is COC(=O)c1c(I)cc(Br)cc1CBr. The molecule has 0 saturated carbocycles. The van der Waals surface area contributed by atoms with Crippen LogP contribution >= 0.6 is 54.5 Å². The number of carbonyl (C=O) groups excluding carboxylic acids is 1. The number of ether oxygens (including phenoxy) is 1. The second-order valence-corrected chi connectivity index (χ2v) is 5.19. The molecule has 0 atom stereocenters. The summed E-state index contributed by atoms with van der Waals surface area (Å²) in [7, 11) is 1.39. The minimum absolute atomic E-state index is 0.295. The molecule has 0 aliphatic heterocycles. The first-order chi connectivity index (χ1) is 6.60. The highest BCUT2D eigenvalue weighted by Crippen LogP contribution is 2.25. The lowest BCUT2D eigenvalue weighted by molar-refractivity contribution is 0.0598. The number of methoxy groups -OCH3 is 1. The number of hydrogen-bond acceptors (Lipinski definition) is 2. The van der Waals surface area contributed by atoms with Crippen LogP contribution in [-0.2, 0) is 10.1 Å². The third kappa shape index (κ3) is 2.70. The van der Waals surface area contributed by atoms with E-state index in [4.69, 9.17) is 4.74 Å². The quantitative estimate of drug-likeness (QED) is 0.403. The van der Waals surface area contributed by atoms with Crippen molar-refractivity contribution in [3.63, 3.8) is 0 Å². The smallest absolute Gasteiger partial charge is 0.339 e. The van der Waals surface area contributed by atoms with E-state index in [0.717, 1.165) is 13.6 Å². The molecule has 0 amide bonds. The lowest BCUT2D eigenvalue weighted by atomic mass is 10.1. The van der Waals surface area contributed by atoms with Crippen LogP contribution in [-0.4, -0.2) is 13.1 Å². The van der Waals surface area contributed by atoms with Gasteiger partial charge in [-0.1, -0.05) is 31.9 Å². The molecule has 1 rings (SSSR count). The van der Waals surface area contributed by atoms with Gasteiger partial charge in [0.25, 0.3) is 0 Å². The number of alkyl halides is 1. The molecule has 0 spiro atoms. The standard InChI is InChI=1S/C9H7Br2IO2/c1-14-9(13)8-5(4-10)2-6(11)3-7(8)12/h2-3H,4H2,1H3. The number of rotatable bonds is 2. The van der Waals surface area contributed by atoms with Gasteiger partial charge >= 0.3 is 5.97 Å². The zero-order valence-corrected chi connectivity index (χ0v) is 12.6. The summed E-state index contributed by atoms with van der Waals surface area (Å²) in [5.41, 5.74) is 1.56. The maximum atomic E-state index is 11.5. The van der Waals surface area contributed by atoms with Gasteiger partial charge in [0.2, 0.25) is 0 Å². The van der Waals surface area contributed by atoms with Crippen LogP contribution in [0.1, 0.15) is 15.9 Å². The molecule has 14 heavy (non-hydrogen) atoms. The fraction of sp³-hybridized carbons (Fsp3) is 0.222. The van der Waals surface area contributed by atoms with Gasteiger partial charge in [-0.25, -0.2) is 4.79 Å². The van der Waals surface area contributed by atoms with Crippen LogP contribution in [0.25, 0.3) is 0 Å². The van der Waals surface area contributed by atoms with Crippen LogP contribution in [0.5, 0.6) is 0 Å². The van der Waals surface area contributed by atoms with Gasteiger partial charge in [0.05, 0.1) is 12.7 Å². The fourth-order valence-electron chi connectivity index (χ4n) is 1.06. The summed E-state index contributed by atoms with van der Waals surface area (Å²) in [5.74, 6) is -0.295. The molecular formula is C9H7Br2IO2. The summed E-state index contributed by atoms with van der Waals surface area (Å²) in [5, 5.41) is 0.632. The average molecular weight is 434 g/mol. The highest BCUT2D eigenvalue weighted by molar-refractivity contribution is 14.1. The van der Waals surface area contributed by atoms with Crippen molar-refractivity contribution in [3.8, 4) is 0 Å². The topological polar surface area (TPSA) is 26.3 Å². The van der Waals surface area contributed by atoms with Crippen molar-refractivity contribution in [1.82, 2.24) is 0 Å². The minimum atomic E-state index is -0.295. The Kier molecular flexibility index (Phi) is 4.86. The number of halogens is 3. The molecule has 0 fully saturated rings. The van der Waals surface area contributed by atoms with Crippen molar-refractivity contribution in [1.29, 1.82) is 0 Å². The monoisotopic (exact) mass is 432 g/mol. The van der Waals surface area contributed by atoms with Crippen molar-refractivity contribution >= 4 is 60.4 Å². The minimum Gasteiger partial charge on any atom is -0.465 e. The first kappa shape index (κ1) is 12.4. The molecule has 2 nitrogen and oxygen atoms in total. The van der Waals surface area contributed by atoms with Crippen molar-refractivity contribution in [2.75, 3.05) is 7.11 Å². The third-order valence-electron chi connectivity index (χ3n) is 1.67. The summed E-state index contributed by atoms with van der Waals surface area (Å²) in [6.45, 7) is 0. The number of hydrogen-bond donors (Lipinski definition) is 0. The van der Waals surface area contributed by atoms with Crippen LogP contribution in [0.4, 0.5) is 0 Å². The Balaban J connectivity index is 3.32. The second-order valence-electron chi connectivity index (χ2n) is 2.55. The normalized spacial score (nSPS) is 10.0. The van der Waals surface area contributed by atoms with Crippen LogP contribution in [0.15, 0.2) is 16.6 Å². The third-order valence-corrected chi connectivity index (χ3v) is 3.58. The fourth-order valence-corrected chi connectivity index (χ4v) is 3.34. The predicted molar refractivity (Wildman–Crippen MR) is 70.8 cm³/mol. The average Bonchev–Trinajstić information content (AvgIpc) is 2.15. The molecule has 76 valence electrons. The Labute approximate surface area is 113 Å². The second kappa shape index (κ2) is 5.46. The Morgan fingerprint density at radius 1 is 1.57 bits per heavy atom. The van der Waals surface area contributed by atoms with E-state index in [2.05, 4.69) is 54.5 Å². The maximum absolute atomic E-state index is 11.5. The lowest BCUT2D eigenvalue weighted by Crippen LogP contribution is -2.07. The predicted octanol–water partition coefficient (Wildman–Crippen LogP) is 3.74. The number of benzene rings is 1. The summed E-state index contributed by atoms with van der Waals surface area (Å²) in [6, 6.07) is 3.79. The molecule has 1 aromatic rings. The van der Waals surface area contributed by atoms with E-state index in [9.17, 15) is 4.79 Å². The largest absolute Gasteiger partial charge is 0.465 e. The maximum Gasteiger partial charge on any atom is 0.339 e. The molecule has 0 saturated heterocycles. The van der Waals surface area contributed by atoms with E-state index in [0.29, 0.717) is 10.9 Å². The zero-order valence-electron chi connectivity index (χ0n) is 7.31. The van der Waals surface area contributed by atoms with Gasteiger partial charge in [0.15, 0.2) is 0 Å². The van der Waals surface area contributed by atoms with Gasteiger partial charge in [-0.3, -0.25) is 0 Å². The van der Waals surface area contributed by atoms with Gasteiger partial charge in [0, 0.05) is 13.4 Å². The molecular weight excluding hydrogens is 427 g/mol. The summed E-state index contributed by atoms with van der Waals surface area (Å²) >= 11 is 8.85. The molecule has 0 N–H and O–H groups in total. The Morgan fingerprint density at radius 3 is 2.71 bits per heavy atom. The number of carbonyl (C=O) groups is 1. The lowest BCUT2D eigenvalue weighted by Gasteiger charge is -2.08. The van der Waals surface area contributed by atoms with E-state index in [1.807, 2.05) is 12.1 Å². The first-order valence-electron chi connectivity index (χ1n) is 3.72. The van der Waals surface area contributed by atoms with E-state index < -0.39 is 0 Å². The van der Waals surface area contributed by atoms with Gasteiger partial charge in [0.1, 0.15) is 0 Å².